The third-order valence-corrected chi connectivity index (χ3v) is 10.3. The third-order valence-electron chi connectivity index (χ3n) is 10.3. The number of aliphatic hydroxyl groups is 5. The van der Waals surface area contributed by atoms with Crippen LogP contribution in [0.2, 0.25) is 0 Å². The lowest BCUT2D eigenvalue weighted by Crippen LogP contribution is -2.59. The Morgan fingerprint density at radius 3 is 2.33 bits per heavy atom. The highest BCUT2D eigenvalue weighted by molar-refractivity contribution is 5.86. The molecule has 270 valence electrons. The van der Waals surface area contributed by atoms with Crippen LogP contribution < -0.4 is 10.6 Å². The number of fused-ring (bicyclic) bond motifs is 1. The van der Waals surface area contributed by atoms with Crippen LogP contribution in [0.5, 0.6) is 0 Å². The zero-order valence-electron chi connectivity index (χ0n) is 29.9. The van der Waals surface area contributed by atoms with Gasteiger partial charge in [-0.05, 0) is 76.1 Å². The number of urea groups is 1. The van der Waals surface area contributed by atoms with Gasteiger partial charge in [-0.3, -0.25) is 9.69 Å². The molecule has 3 rings (SSSR count). The van der Waals surface area contributed by atoms with Crippen molar-refractivity contribution in [3.05, 3.63) is 48.0 Å². The normalized spacial score (nSPS) is 35.2. The van der Waals surface area contributed by atoms with Crippen molar-refractivity contribution in [2.45, 2.75) is 122 Å². The number of rotatable bonds is 7. The maximum atomic E-state index is 13.1. The summed E-state index contributed by atoms with van der Waals surface area (Å²) in [6, 6.07) is 12.9. The first-order valence-electron chi connectivity index (χ1n) is 17.4. The number of hydrogen-bond donors (Lipinski definition) is 7. The highest BCUT2D eigenvalue weighted by Gasteiger charge is 2.47. The van der Waals surface area contributed by atoms with Crippen molar-refractivity contribution in [1.82, 2.24) is 15.5 Å². The average Bonchev–Trinajstić information content (AvgIpc) is 3.05. The number of nitrogens with one attached hydrogen (secondary N) is 2. The Balaban J connectivity index is 1.75. The molecule has 2 aromatic carbocycles. The Hall–Kier alpha value is -2.80. The molecule has 0 aliphatic carbocycles. The lowest BCUT2D eigenvalue weighted by atomic mass is 9.78. The van der Waals surface area contributed by atoms with Crippen LogP contribution in [-0.4, -0.2) is 104 Å². The Bertz CT molecular complexity index is 1350. The van der Waals surface area contributed by atoms with Gasteiger partial charge in [0.1, 0.15) is 17.8 Å². The van der Waals surface area contributed by atoms with Gasteiger partial charge in [0.05, 0.1) is 29.8 Å². The Morgan fingerprint density at radius 1 is 1.02 bits per heavy atom. The zero-order chi connectivity index (χ0) is 36.0. The van der Waals surface area contributed by atoms with E-state index in [0.717, 1.165) is 16.3 Å². The van der Waals surface area contributed by atoms with Crippen molar-refractivity contribution < 1.29 is 39.9 Å². The fourth-order valence-corrected chi connectivity index (χ4v) is 7.28. The molecular weight excluding hydrogens is 614 g/mol. The van der Waals surface area contributed by atoms with Gasteiger partial charge in [-0.2, -0.15) is 0 Å². The van der Waals surface area contributed by atoms with Crippen molar-refractivity contribution in [3.8, 4) is 0 Å². The van der Waals surface area contributed by atoms with Crippen LogP contribution in [0.1, 0.15) is 86.3 Å². The van der Waals surface area contributed by atoms with E-state index in [1.165, 1.54) is 20.8 Å². The summed E-state index contributed by atoms with van der Waals surface area (Å²) in [6.45, 7) is 14.6. The first-order chi connectivity index (χ1) is 22.4. The molecule has 7 N–H and O–H groups in total. The zero-order valence-corrected chi connectivity index (χ0v) is 29.9. The van der Waals surface area contributed by atoms with E-state index in [-0.39, 0.29) is 30.8 Å². The number of esters is 1. The Kier molecular flexibility index (Phi) is 13.8. The summed E-state index contributed by atoms with van der Waals surface area (Å²) in [5, 5.41) is 64.7. The number of amides is 2. The van der Waals surface area contributed by atoms with Gasteiger partial charge in [-0.25, -0.2) is 4.79 Å². The standard InChI is InChI=1S/C37H59N3O8/c1-9-30-37(8,47)33(43)26(6)40(21-22(2)20-36(7,46)32(42)23(3)31(41)24(4)34(44)48-30)19-13-18-38-35(45)39-25(5)28-17-12-15-27-14-10-11-16-29(27)28/h10-12,14-17,22-26,30-33,41-43,46-47H,9,13,18-21H2,1-8H3,(H2,38,39,45)/t22-,23+,24-,25?,26-,30-,31+,32-,33-,36-,37-/m1/s1. The molecule has 0 radical (unpaired) electrons. The minimum Gasteiger partial charge on any atom is -0.459 e. The molecule has 1 saturated heterocycles. The number of aliphatic hydroxyl groups excluding tert-OH is 3. The smallest absolute Gasteiger partial charge is 0.315 e. The number of hydrogen-bond acceptors (Lipinski definition) is 9. The minimum absolute atomic E-state index is 0.171. The molecule has 0 saturated carbocycles. The van der Waals surface area contributed by atoms with E-state index in [2.05, 4.69) is 10.6 Å². The molecule has 11 atom stereocenters. The van der Waals surface area contributed by atoms with Gasteiger partial charge >= 0.3 is 12.0 Å². The predicted octanol–water partition coefficient (Wildman–Crippen LogP) is 3.50. The summed E-state index contributed by atoms with van der Waals surface area (Å²) in [5.74, 6) is -2.86. The largest absolute Gasteiger partial charge is 0.459 e. The topological polar surface area (TPSA) is 172 Å². The summed E-state index contributed by atoms with van der Waals surface area (Å²) < 4.78 is 5.67. The first-order valence-corrected chi connectivity index (χ1v) is 17.4. The molecular formula is C37H59N3O8. The second kappa shape index (κ2) is 16.7. The van der Waals surface area contributed by atoms with E-state index in [4.69, 9.17) is 4.74 Å². The average molecular weight is 674 g/mol. The third kappa shape index (κ3) is 9.46. The van der Waals surface area contributed by atoms with Crippen molar-refractivity contribution in [2.75, 3.05) is 19.6 Å². The summed E-state index contributed by atoms with van der Waals surface area (Å²) in [7, 11) is 0. The van der Waals surface area contributed by atoms with Gasteiger partial charge in [0.2, 0.25) is 0 Å². The number of nitrogens with zero attached hydrogens (tertiary/aromatic N) is 1. The summed E-state index contributed by atoms with van der Waals surface area (Å²) in [5.41, 5.74) is -2.40. The quantitative estimate of drug-likeness (QED) is 0.172. The molecule has 0 aromatic heterocycles. The second-order valence-corrected chi connectivity index (χ2v) is 14.5. The molecule has 0 spiro atoms. The second-order valence-electron chi connectivity index (χ2n) is 14.5. The van der Waals surface area contributed by atoms with E-state index in [1.54, 1.807) is 20.8 Å². The molecule has 48 heavy (non-hydrogen) atoms. The minimum atomic E-state index is -1.83. The van der Waals surface area contributed by atoms with E-state index in [0.29, 0.717) is 26.1 Å². The van der Waals surface area contributed by atoms with E-state index < -0.39 is 59.5 Å². The van der Waals surface area contributed by atoms with Crippen LogP contribution in [0, 0.1) is 17.8 Å². The van der Waals surface area contributed by atoms with Crippen LogP contribution in [-0.2, 0) is 9.53 Å². The maximum Gasteiger partial charge on any atom is 0.315 e. The van der Waals surface area contributed by atoms with Gasteiger partial charge in [-0.1, -0.05) is 63.2 Å². The number of carbonyl (C=O) groups is 2. The molecule has 2 aromatic rings. The van der Waals surface area contributed by atoms with Crippen LogP contribution >= 0.6 is 0 Å². The van der Waals surface area contributed by atoms with Gasteiger partial charge in [0.25, 0.3) is 0 Å². The first kappa shape index (κ1) is 39.6. The molecule has 1 fully saturated rings. The van der Waals surface area contributed by atoms with E-state index >= 15 is 0 Å². The number of carbonyl (C=O) groups excluding carboxylic acids is 2. The van der Waals surface area contributed by atoms with E-state index in [9.17, 15) is 35.1 Å². The van der Waals surface area contributed by atoms with Gasteiger partial charge in [0, 0.05) is 31.6 Å². The molecule has 11 heteroatoms. The van der Waals surface area contributed by atoms with Gasteiger partial charge < -0.3 is 40.9 Å². The van der Waals surface area contributed by atoms with Crippen molar-refractivity contribution >= 4 is 22.8 Å². The number of ether oxygens (including phenoxy) is 1. The van der Waals surface area contributed by atoms with Crippen LogP contribution in [0.15, 0.2) is 42.5 Å². The summed E-state index contributed by atoms with van der Waals surface area (Å²) in [4.78, 5) is 28.0. The molecule has 1 heterocycles. The predicted molar refractivity (Wildman–Crippen MR) is 186 cm³/mol. The van der Waals surface area contributed by atoms with Crippen molar-refractivity contribution in [2.24, 2.45) is 17.8 Å². The van der Waals surface area contributed by atoms with Crippen LogP contribution in [0.4, 0.5) is 4.79 Å². The Morgan fingerprint density at radius 2 is 1.67 bits per heavy atom. The summed E-state index contributed by atoms with van der Waals surface area (Å²) >= 11 is 0. The highest BCUT2D eigenvalue weighted by Crippen LogP contribution is 2.33. The molecule has 1 aliphatic rings. The van der Waals surface area contributed by atoms with E-state index in [1.807, 2.05) is 61.2 Å². The number of cyclic esters (lactones) is 1. The summed E-state index contributed by atoms with van der Waals surface area (Å²) in [6.07, 6.45) is -4.16. The van der Waals surface area contributed by atoms with Gasteiger partial charge in [-0.15, -0.1) is 0 Å². The Labute approximate surface area is 285 Å². The van der Waals surface area contributed by atoms with Crippen molar-refractivity contribution in [1.29, 1.82) is 0 Å². The highest BCUT2D eigenvalue weighted by atomic mass is 16.6. The van der Waals surface area contributed by atoms with Crippen molar-refractivity contribution in [3.63, 3.8) is 0 Å². The molecule has 1 aliphatic heterocycles. The number of benzene rings is 2. The fourth-order valence-electron chi connectivity index (χ4n) is 7.28. The van der Waals surface area contributed by atoms with Crippen LogP contribution in [0.3, 0.4) is 0 Å². The molecule has 0 bridgehead atoms. The monoisotopic (exact) mass is 673 g/mol. The van der Waals surface area contributed by atoms with Crippen LogP contribution in [0.25, 0.3) is 10.8 Å². The van der Waals surface area contributed by atoms with Gasteiger partial charge in [0.15, 0.2) is 0 Å². The molecule has 11 nitrogen and oxygen atoms in total. The fraction of sp³-hybridized carbons (Fsp3) is 0.676. The lowest BCUT2D eigenvalue weighted by Gasteiger charge is -2.43. The molecule has 2 amide bonds. The molecule has 1 unspecified atom stereocenters. The maximum absolute atomic E-state index is 13.1. The SMILES string of the molecule is CC[C@H]1OC(=O)[C@H](C)[C@@H](O)[C@H](C)[C@@H](O)[C@](C)(O)C[C@@H](C)CN(CCCNC(=O)NC(C)c2cccc3ccccc23)[C@H](C)[C@@H](O)[C@]1(C)O. The lowest BCUT2D eigenvalue weighted by molar-refractivity contribution is -0.193.